The highest BCUT2D eigenvalue weighted by Gasteiger charge is 2.34. The third kappa shape index (κ3) is 7.96. The fourth-order valence-electron chi connectivity index (χ4n) is 3.78. The van der Waals surface area contributed by atoms with Gasteiger partial charge in [0.05, 0.1) is 17.6 Å². The highest BCUT2D eigenvalue weighted by molar-refractivity contribution is 5.95. The molecule has 0 fully saturated rings. The molecule has 10 nitrogen and oxygen atoms in total. The highest BCUT2D eigenvalue weighted by atomic mass is 19.4. The number of benzene rings is 1. The Morgan fingerprint density at radius 2 is 1.83 bits per heavy atom. The van der Waals surface area contributed by atoms with Crippen LogP contribution in [0.2, 0.25) is 0 Å². The summed E-state index contributed by atoms with van der Waals surface area (Å²) in [5, 5.41) is 2.42. The Hall–Kier alpha value is -4.62. The number of nitrogens with one attached hydrogen (secondary N) is 2. The molecular formula is C27H29F4N5O5. The second-order valence-corrected chi connectivity index (χ2v) is 9.53. The lowest BCUT2D eigenvalue weighted by Gasteiger charge is -2.19. The van der Waals surface area contributed by atoms with Crippen molar-refractivity contribution in [3.05, 3.63) is 76.1 Å². The van der Waals surface area contributed by atoms with Crippen molar-refractivity contribution >= 4 is 34.5 Å². The molecule has 2 heterocycles. The van der Waals surface area contributed by atoms with E-state index >= 15 is 0 Å². The van der Waals surface area contributed by atoms with E-state index in [4.69, 9.17) is 4.74 Å². The first-order valence-electron chi connectivity index (χ1n) is 12.3. The quantitative estimate of drug-likeness (QED) is 0.294. The number of hydrogen-bond acceptors (Lipinski definition) is 5. The van der Waals surface area contributed by atoms with E-state index in [2.05, 4.69) is 10.3 Å². The molecule has 0 saturated heterocycles. The Kier molecular flexibility index (Phi) is 9.58. The van der Waals surface area contributed by atoms with E-state index < -0.39 is 41.2 Å². The number of carbonyl (C=O) groups excluding carboxylic acids is 3. The zero-order chi connectivity index (χ0) is 30.5. The van der Waals surface area contributed by atoms with E-state index in [1.165, 1.54) is 55.5 Å². The van der Waals surface area contributed by atoms with Gasteiger partial charge in [-0.3, -0.25) is 14.4 Å². The Balaban J connectivity index is 1.81. The van der Waals surface area contributed by atoms with E-state index in [1.807, 2.05) is 0 Å². The third-order valence-electron chi connectivity index (χ3n) is 5.87. The molecule has 0 radical (unpaired) electrons. The minimum absolute atomic E-state index is 0.0107. The van der Waals surface area contributed by atoms with Gasteiger partial charge in [-0.1, -0.05) is 6.08 Å². The van der Waals surface area contributed by atoms with Crippen molar-refractivity contribution in [1.82, 2.24) is 19.4 Å². The Morgan fingerprint density at radius 1 is 1.12 bits per heavy atom. The molecule has 220 valence electrons. The number of anilines is 1. The standard InChI is InChI=1S/C27H29F4N5O5/c1-34(2)22(37)10-6-5-9-21(41-26(40)35(3)4)24(38)33-20-8-7-11-36(25(20)39)15-18-13-16-12-17(28)14-19(23(16)32-18)27(29,30)31/h6-8,10-14,21,32H,5,9,15H2,1-4H3,(H,33,38)/b10-6+/t21-/m0/s1. The molecule has 2 aromatic heterocycles. The molecule has 41 heavy (non-hydrogen) atoms. The summed E-state index contributed by atoms with van der Waals surface area (Å²) in [6.07, 6.45) is -2.47. The van der Waals surface area contributed by atoms with Gasteiger partial charge in [-0.05, 0) is 49.2 Å². The number of carbonyl (C=O) groups is 3. The normalized spacial score (nSPS) is 12.4. The predicted molar refractivity (Wildman–Crippen MR) is 143 cm³/mol. The molecule has 1 aromatic carbocycles. The average molecular weight is 580 g/mol. The van der Waals surface area contributed by atoms with E-state index in [1.54, 1.807) is 14.1 Å². The van der Waals surface area contributed by atoms with Crippen LogP contribution in [-0.4, -0.2) is 71.6 Å². The number of aromatic nitrogens is 2. The summed E-state index contributed by atoms with van der Waals surface area (Å²) in [6.45, 7) is -0.208. The summed E-state index contributed by atoms with van der Waals surface area (Å²) >= 11 is 0. The van der Waals surface area contributed by atoms with Crippen LogP contribution < -0.4 is 10.9 Å². The second-order valence-electron chi connectivity index (χ2n) is 9.53. The number of halogens is 4. The lowest BCUT2D eigenvalue weighted by molar-refractivity contribution is -0.136. The number of H-pyrrole nitrogens is 1. The monoisotopic (exact) mass is 579 g/mol. The van der Waals surface area contributed by atoms with Gasteiger partial charge >= 0.3 is 12.3 Å². The number of alkyl halides is 3. The van der Waals surface area contributed by atoms with Crippen molar-refractivity contribution in [3.63, 3.8) is 0 Å². The van der Waals surface area contributed by atoms with Crippen molar-refractivity contribution in [3.8, 4) is 0 Å². The maximum Gasteiger partial charge on any atom is 0.418 e. The van der Waals surface area contributed by atoms with Crippen molar-refractivity contribution in [1.29, 1.82) is 0 Å². The van der Waals surface area contributed by atoms with Crippen molar-refractivity contribution < 1.29 is 36.7 Å². The molecule has 3 amide bonds. The first kappa shape index (κ1) is 30.9. The predicted octanol–water partition coefficient (Wildman–Crippen LogP) is 3.97. The van der Waals surface area contributed by atoms with Gasteiger partial charge in [0, 0.05) is 45.5 Å². The van der Waals surface area contributed by atoms with Crippen LogP contribution in [0.25, 0.3) is 10.9 Å². The van der Waals surface area contributed by atoms with Gasteiger partial charge in [0.1, 0.15) is 11.5 Å². The molecule has 3 rings (SSSR count). The molecule has 2 N–H and O–H groups in total. The number of allylic oxidation sites excluding steroid dienone is 1. The van der Waals surface area contributed by atoms with Gasteiger partial charge in [0.25, 0.3) is 11.5 Å². The minimum Gasteiger partial charge on any atom is -0.436 e. The van der Waals surface area contributed by atoms with Gasteiger partial charge in [0.15, 0.2) is 6.10 Å². The van der Waals surface area contributed by atoms with Crippen LogP contribution in [-0.2, 0) is 27.0 Å². The molecule has 1 atom stereocenters. The van der Waals surface area contributed by atoms with Gasteiger partial charge < -0.3 is 29.4 Å². The highest BCUT2D eigenvalue weighted by Crippen LogP contribution is 2.35. The summed E-state index contributed by atoms with van der Waals surface area (Å²) in [4.78, 5) is 55.0. The lowest BCUT2D eigenvalue weighted by Crippen LogP contribution is -2.37. The fraction of sp³-hybridized carbons (Fsp3) is 0.333. The Bertz CT molecular complexity index is 1520. The average Bonchev–Trinajstić information content (AvgIpc) is 3.28. The van der Waals surface area contributed by atoms with Gasteiger partial charge in [0.2, 0.25) is 5.91 Å². The number of aromatic amines is 1. The maximum absolute atomic E-state index is 13.8. The SMILES string of the molecule is CN(C)C(=O)/C=C/CC[C@H](OC(=O)N(C)C)C(=O)Nc1cccn(Cc2cc3cc(F)cc(C(F)(F)F)c3[nH]2)c1=O. The molecule has 0 unspecified atom stereocenters. The molecule has 0 aliphatic carbocycles. The van der Waals surface area contributed by atoms with Gasteiger partial charge in [-0.25, -0.2) is 9.18 Å². The third-order valence-corrected chi connectivity index (χ3v) is 5.87. The van der Waals surface area contributed by atoms with Crippen LogP contribution in [0, 0.1) is 5.82 Å². The van der Waals surface area contributed by atoms with Crippen LogP contribution in [0.5, 0.6) is 0 Å². The van der Waals surface area contributed by atoms with Gasteiger partial charge in [-0.15, -0.1) is 0 Å². The number of amides is 3. The van der Waals surface area contributed by atoms with Crippen LogP contribution in [0.1, 0.15) is 24.1 Å². The van der Waals surface area contributed by atoms with Crippen molar-refractivity contribution in [2.75, 3.05) is 33.5 Å². The smallest absolute Gasteiger partial charge is 0.418 e. The van der Waals surface area contributed by atoms with Gasteiger partial charge in [-0.2, -0.15) is 13.2 Å². The maximum atomic E-state index is 13.8. The van der Waals surface area contributed by atoms with Crippen molar-refractivity contribution in [2.24, 2.45) is 0 Å². The number of ether oxygens (including phenoxy) is 1. The number of rotatable bonds is 9. The molecule has 0 spiro atoms. The Labute approximate surface area is 232 Å². The number of nitrogens with zero attached hydrogens (tertiary/aromatic N) is 3. The van der Waals surface area contributed by atoms with E-state index in [0.717, 1.165) is 15.5 Å². The Morgan fingerprint density at radius 3 is 2.46 bits per heavy atom. The molecular weight excluding hydrogens is 550 g/mol. The lowest BCUT2D eigenvalue weighted by atomic mass is 10.1. The van der Waals surface area contributed by atoms with Crippen LogP contribution >= 0.6 is 0 Å². The second kappa shape index (κ2) is 12.7. The van der Waals surface area contributed by atoms with Crippen LogP contribution in [0.4, 0.5) is 28.0 Å². The zero-order valence-corrected chi connectivity index (χ0v) is 22.7. The topological polar surface area (TPSA) is 117 Å². The first-order valence-corrected chi connectivity index (χ1v) is 12.3. The van der Waals surface area contributed by atoms with E-state index in [9.17, 15) is 36.7 Å². The number of fused-ring (bicyclic) bond motifs is 1. The summed E-state index contributed by atoms with van der Waals surface area (Å²) < 4.78 is 60.4. The van der Waals surface area contributed by atoms with Crippen molar-refractivity contribution in [2.45, 2.75) is 31.7 Å². The molecule has 3 aromatic rings. The molecule has 0 aliphatic rings. The zero-order valence-electron chi connectivity index (χ0n) is 22.7. The number of pyridine rings is 1. The van der Waals surface area contributed by atoms with Crippen LogP contribution in [0.3, 0.4) is 0 Å². The molecule has 14 heteroatoms. The number of hydrogen-bond donors (Lipinski definition) is 2. The summed E-state index contributed by atoms with van der Waals surface area (Å²) in [7, 11) is 6.01. The minimum atomic E-state index is -4.80. The van der Waals surface area contributed by atoms with Crippen LogP contribution in [0.15, 0.2) is 53.5 Å². The summed E-state index contributed by atoms with van der Waals surface area (Å²) in [5.41, 5.74) is -2.15. The van der Waals surface area contributed by atoms with E-state index in [-0.39, 0.29) is 47.6 Å². The largest absolute Gasteiger partial charge is 0.436 e. The molecule has 0 aliphatic heterocycles. The molecule has 0 saturated carbocycles. The van der Waals surface area contributed by atoms with E-state index in [0.29, 0.717) is 6.07 Å². The first-order chi connectivity index (χ1) is 19.2. The fourth-order valence-corrected chi connectivity index (χ4v) is 3.78. The summed E-state index contributed by atoms with van der Waals surface area (Å²) in [5.74, 6) is -2.12. The molecule has 0 bridgehead atoms. The summed E-state index contributed by atoms with van der Waals surface area (Å²) in [6, 6.07) is 5.40. The number of likely N-dealkylation sites (N-methyl/N-ethyl adjacent to an activating group) is 1.